The highest BCUT2D eigenvalue weighted by Gasteiger charge is 2.40. The number of anilines is 1. The van der Waals surface area contributed by atoms with Crippen molar-refractivity contribution in [3.05, 3.63) is 70.5 Å². The Hall–Kier alpha value is -3.26. The fraction of sp³-hybridized carbons (Fsp3) is 0.286. The number of pyridine rings is 1. The Morgan fingerprint density at radius 1 is 1.24 bits per heavy atom. The number of hydrogen-bond acceptors (Lipinski definition) is 6. The average molecular weight is 394 g/mol. The second-order valence-electron chi connectivity index (χ2n) is 7.10. The number of halogens is 1. The van der Waals surface area contributed by atoms with Crippen LogP contribution in [0.15, 0.2) is 53.6 Å². The van der Waals surface area contributed by atoms with E-state index in [2.05, 4.69) is 9.97 Å². The summed E-state index contributed by atoms with van der Waals surface area (Å²) in [5.41, 5.74) is 1.24. The number of aromatic nitrogens is 3. The van der Waals surface area contributed by atoms with Crippen LogP contribution >= 0.6 is 0 Å². The SMILES string of the molecule is Cn1c(N2CCOC3c4ccccc4OCC32)nc(-c2ccncc2F)cc1=O. The van der Waals surface area contributed by atoms with E-state index in [1.54, 1.807) is 7.05 Å². The molecule has 1 aromatic carbocycles. The molecule has 2 atom stereocenters. The molecule has 29 heavy (non-hydrogen) atoms. The lowest BCUT2D eigenvalue weighted by Crippen LogP contribution is -2.53. The molecule has 1 fully saturated rings. The predicted molar refractivity (Wildman–Crippen MR) is 104 cm³/mol. The molecule has 0 aliphatic carbocycles. The number of rotatable bonds is 2. The van der Waals surface area contributed by atoms with E-state index in [1.165, 1.54) is 22.9 Å². The molecule has 4 heterocycles. The molecule has 5 rings (SSSR count). The molecule has 0 spiro atoms. The molecule has 7 nitrogen and oxygen atoms in total. The lowest BCUT2D eigenvalue weighted by molar-refractivity contribution is -0.0164. The Morgan fingerprint density at radius 3 is 2.97 bits per heavy atom. The number of benzene rings is 1. The van der Waals surface area contributed by atoms with Crippen molar-refractivity contribution < 1.29 is 13.9 Å². The third-order valence-electron chi connectivity index (χ3n) is 5.43. The van der Waals surface area contributed by atoms with Gasteiger partial charge in [-0.15, -0.1) is 0 Å². The molecule has 0 saturated carbocycles. The Bertz CT molecular complexity index is 1130. The summed E-state index contributed by atoms with van der Waals surface area (Å²) >= 11 is 0. The number of para-hydroxylation sites is 1. The normalized spacial score (nSPS) is 20.6. The third-order valence-corrected chi connectivity index (χ3v) is 5.43. The minimum atomic E-state index is -0.519. The zero-order chi connectivity index (χ0) is 20.0. The minimum absolute atomic E-state index is 0.144. The molecule has 3 aromatic rings. The Kier molecular flexibility index (Phi) is 4.28. The maximum atomic E-state index is 14.3. The first-order valence-electron chi connectivity index (χ1n) is 9.41. The quantitative estimate of drug-likeness (QED) is 0.665. The number of ether oxygens (including phenoxy) is 2. The smallest absolute Gasteiger partial charge is 0.255 e. The molecule has 0 bridgehead atoms. The Labute approximate surface area is 166 Å². The highest BCUT2D eigenvalue weighted by atomic mass is 19.1. The molecule has 2 unspecified atom stereocenters. The van der Waals surface area contributed by atoms with Crippen molar-refractivity contribution in [3.63, 3.8) is 0 Å². The van der Waals surface area contributed by atoms with Crippen LogP contribution in [0.4, 0.5) is 10.3 Å². The van der Waals surface area contributed by atoms with Crippen molar-refractivity contribution in [2.45, 2.75) is 12.1 Å². The molecular formula is C21H19FN4O3. The van der Waals surface area contributed by atoms with E-state index in [1.807, 2.05) is 29.2 Å². The molecule has 0 amide bonds. The number of morpholine rings is 1. The third kappa shape index (κ3) is 2.96. The van der Waals surface area contributed by atoms with Gasteiger partial charge in [0.05, 0.1) is 24.5 Å². The molecule has 8 heteroatoms. The van der Waals surface area contributed by atoms with Crippen LogP contribution in [0.3, 0.4) is 0 Å². The maximum Gasteiger partial charge on any atom is 0.255 e. The first kappa shape index (κ1) is 17.8. The van der Waals surface area contributed by atoms with E-state index in [4.69, 9.17) is 9.47 Å². The van der Waals surface area contributed by atoms with Crippen LogP contribution in [0.1, 0.15) is 11.7 Å². The largest absolute Gasteiger partial charge is 0.491 e. The lowest BCUT2D eigenvalue weighted by Gasteiger charge is -2.44. The van der Waals surface area contributed by atoms with Gasteiger partial charge < -0.3 is 14.4 Å². The summed E-state index contributed by atoms with van der Waals surface area (Å²) in [6, 6.07) is 10.5. The van der Waals surface area contributed by atoms with E-state index in [0.717, 1.165) is 17.5 Å². The van der Waals surface area contributed by atoms with Gasteiger partial charge in [0.25, 0.3) is 5.56 Å². The number of nitrogens with zero attached hydrogens (tertiary/aromatic N) is 4. The van der Waals surface area contributed by atoms with Crippen LogP contribution in [0, 0.1) is 5.82 Å². The van der Waals surface area contributed by atoms with Gasteiger partial charge in [-0.1, -0.05) is 18.2 Å². The van der Waals surface area contributed by atoms with Gasteiger partial charge in [0.2, 0.25) is 5.95 Å². The zero-order valence-corrected chi connectivity index (χ0v) is 15.8. The molecule has 2 aromatic heterocycles. The molecule has 2 aliphatic rings. The summed E-state index contributed by atoms with van der Waals surface area (Å²) in [5.74, 6) is 0.754. The van der Waals surface area contributed by atoms with Gasteiger partial charge in [-0.25, -0.2) is 9.37 Å². The molecule has 0 N–H and O–H groups in total. The van der Waals surface area contributed by atoms with Crippen LogP contribution in [0.2, 0.25) is 0 Å². The summed E-state index contributed by atoms with van der Waals surface area (Å²) in [7, 11) is 1.67. The fourth-order valence-corrected chi connectivity index (χ4v) is 3.97. The van der Waals surface area contributed by atoms with Crippen molar-refractivity contribution >= 4 is 5.95 Å². The highest BCUT2D eigenvalue weighted by Crippen LogP contribution is 2.39. The lowest BCUT2D eigenvalue weighted by atomic mass is 9.96. The standard InChI is InChI=1S/C21H19FN4O3/c1-25-19(27)10-16(13-6-7-23-11-15(13)22)24-21(25)26-8-9-28-20-14-4-2-3-5-18(14)29-12-17(20)26/h2-7,10-11,17,20H,8-9,12H2,1H3. The van der Waals surface area contributed by atoms with Gasteiger partial charge in [-0.2, -0.15) is 0 Å². The van der Waals surface area contributed by atoms with Crippen molar-refractivity contribution in [3.8, 4) is 17.0 Å². The van der Waals surface area contributed by atoms with E-state index in [9.17, 15) is 9.18 Å². The van der Waals surface area contributed by atoms with Crippen LogP contribution < -0.4 is 15.2 Å². The van der Waals surface area contributed by atoms with Gasteiger partial charge in [0, 0.05) is 37.0 Å². The van der Waals surface area contributed by atoms with E-state index < -0.39 is 5.82 Å². The second kappa shape index (κ2) is 6.97. The Morgan fingerprint density at radius 2 is 2.10 bits per heavy atom. The summed E-state index contributed by atoms with van der Waals surface area (Å²) < 4.78 is 27.7. The first-order chi connectivity index (χ1) is 14.1. The van der Waals surface area contributed by atoms with Gasteiger partial charge in [0.1, 0.15) is 18.5 Å². The van der Waals surface area contributed by atoms with Gasteiger partial charge in [-0.05, 0) is 12.1 Å². The number of hydrogen-bond donors (Lipinski definition) is 0. The summed E-state index contributed by atoms with van der Waals surface area (Å²) in [6.45, 7) is 1.44. The van der Waals surface area contributed by atoms with Crippen LogP contribution in [0.5, 0.6) is 5.75 Å². The molecule has 148 valence electrons. The highest BCUT2D eigenvalue weighted by molar-refractivity contribution is 5.60. The molecule has 1 saturated heterocycles. The first-order valence-corrected chi connectivity index (χ1v) is 9.41. The maximum absolute atomic E-state index is 14.3. The predicted octanol–water partition coefficient (Wildman–Crippen LogP) is 2.32. The van der Waals surface area contributed by atoms with Crippen molar-refractivity contribution in [2.24, 2.45) is 7.05 Å². The fourth-order valence-electron chi connectivity index (χ4n) is 3.97. The topological polar surface area (TPSA) is 69.5 Å². The van der Waals surface area contributed by atoms with Crippen LogP contribution in [-0.4, -0.2) is 40.3 Å². The molecule has 0 radical (unpaired) electrons. The Balaban J connectivity index is 1.59. The average Bonchev–Trinajstić information content (AvgIpc) is 2.75. The van der Waals surface area contributed by atoms with E-state index >= 15 is 0 Å². The van der Waals surface area contributed by atoms with Crippen molar-refractivity contribution in [1.82, 2.24) is 14.5 Å². The van der Waals surface area contributed by atoms with Gasteiger partial charge in [-0.3, -0.25) is 14.3 Å². The van der Waals surface area contributed by atoms with Crippen molar-refractivity contribution in [2.75, 3.05) is 24.7 Å². The monoisotopic (exact) mass is 394 g/mol. The summed E-state index contributed by atoms with van der Waals surface area (Å²) in [4.78, 5) is 23.1. The minimum Gasteiger partial charge on any atom is -0.491 e. The second-order valence-corrected chi connectivity index (χ2v) is 7.10. The van der Waals surface area contributed by atoms with Crippen LogP contribution in [-0.2, 0) is 11.8 Å². The van der Waals surface area contributed by atoms with E-state index in [-0.39, 0.29) is 29.0 Å². The molecule has 2 aliphatic heterocycles. The summed E-state index contributed by atoms with van der Waals surface area (Å²) in [5, 5.41) is 0. The summed E-state index contributed by atoms with van der Waals surface area (Å²) in [6.07, 6.45) is 2.41. The van der Waals surface area contributed by atoms with Gasteiger partial charge in [0.15, 0.2) is 5.82 Å². The van der Waals surface area contributed by atoms with E-state index in [0.29, 0.717) is 25.7 Å². The zero-order valence-electron chi connectivity index (χ0n) is 15.8. The number of fused-ring (bicyclic) bond motifs is 3. The van der Waals surface area contributed by atoms with Crippen molar-refractivity contribution in [1.29, 1.82) is 0 Å². The molecular weight excluding hydrogens is 375 g/mol. The van der Waals surface area contributed by atoms with Gasteiger partial charge >= 0.3 is 0 Å². The van der Waals surface area contributed by atoms with Crippen LogP contribution in [0.25, 0.3) is 11.3 Å².